The van der Waals surface area contributed by atoms with Crippen LogP contribution in [0.25, 0.3) is 6.08 Å². The van der Waals surface area contributed by atoms with Crippen LogP contribution in [-0.4, -0.2) is 24.7 Å². The molecule has 1 aromatic carbocycles. The Morgan fingerprint density at radius 3 is 2.71 bits per heavy atom. The number of rotatable bonds is 5. The first kappa shape index (κ1) is 16.1. The Labute approximate surface area is 134 Å². The van der Waals surface area contributed by atoms with Gasteiger partial charge in [-0.1, -0.05) is 25.3 Å². The van der Waals surface area contributed by atoms with Crippen molar-refractivity contribution in [1.82, 2.24) is 0 Å². The highest BCUT2D eigenvalue weighted by Gasteiger charge is 2.16. The van der Waals surface area contributed by atoms with Gasteiger partial charge in [-0.05, 0) is 58.5 Å². The molecule has 0 spiro atoms. The Hall–Kier alpha value is -1.29. The summed E-state index contributed by atoms with van der Waals surface area (Å²) in [5.74, 6) is -0.133. The minimum atomic E-state index is -0.926. The Morgan fingerprint density at radius 2 is 2.10 bits per heavy atom. The van der Waals surface area contributed by atoms with Gasteiger partial charge >= 0.3 is 5.97 Å². The van der Waals surface area contributed by atoms with Crippen molar-refractivity contribution in [2.75, 3.05) is 18.5 Å². The number of carboxylic acids is 1. The summed E-state index contributed by atoms with van der Waals surface area (Å²) < 4.78 is 1.01. The highest BCUT2D eigenvalue weighted by molar-refractivity contribution is 9.10. The van der Waals surface area contributed by atoms with E-state index in [1.54, 1.807) is 6.08 Å². The summed E-state index contributed by atoms with van der Waals surface area (Å²) in [4.78, 5) is 12.8. The van der Waals surface area contributed by atoms with Gasteiger partial charge in [0.15, 0.2) is 0 Å². The zero-order chi connectivity index (χ0) is 15.2. The highest BCUT2D eigenvalue weighted by atomic mass is 79.9. The van der Waals surface area contributed by atoms with Crippen LogP contribution in [0.15, 0.2) is 28.7 Å². The number of carboxylic acid groups (broad SMARTS) is 1. The monoisotopic (exact) mass is 351 g/mol. The van der Waals surface area contributed by atoms with E-state index in [0.717, 1.165) is 34.3 Å². The van der Waals surface area contributed by atoms with E-state index in [2.05, 4.69) is 33.9 Å². The molecule has 1 fully saturated rings. The molecule has 1 aliphatic rings. The molecule has 1 N–H and O–H groups in total. The van der Waals surface area contributed by atoms with Crippen molar-refractivity contribution >= 4 is 33.7 Å². The standard InChI is InChI=1S/C17H22BrNO2/c1-19(12-14-5-3-2-4-6-14)16-9-7-13(11-15(16)18)8-10-17(20)21/h7-11,14H,2-6,12H2,1H3,(H,20,21)/b10-8+. The van der Waals surface area contributed by atoms with E-state index >= 15 is 0 Å². The number of benzene rings is 1. The first-order valence-electron chi connectivity index (χ1n) is 7.48. The molecule has 0 saturated heterocycles. The molecule has 114 valence electrons. The van der Waals surface area contributed by atoms with Gasteiger partial charge < -0.3 is 10.0 Å². The van der Waals surface area contributed by atoms with Crippen LogP contribution in [0.1, 0.15) is 37.7 Å². The van der Waals surface area contributed by atoms with E-state index in [4.69, 9.17) is 5.11 Å². The van der Waals surface area contributed by atoms with E-state index in [1.165, 1.54) is 32.1 Å². The third-order valence-electron chi connectivity index (χ3n) is 4.06. The lowest BCUT2D eigenvalue weighted by atomic mass is 9.89. The van der Waals surface area contributed by atoms with Gasteiger partial charge in [0, 0.05) is 24.1 Å². The molecule has 2 rings (SSSR count). The second-order valence-corrected chi connectivity index (χ2v) is 6.62. The molecule has 0 atom stereocenters. The van der Waals surface area contributed by atoms with E-state index < -0.39 is 5.97 Å². The van der Waals surface area contributed by atoms with E-state index in [0.29, 0.717) is 0 Å². The molecule has 0 aromatic heterocycles. The van der Waals surface area contributed by atoms with Gasteiger partial charge in [0.05, 0.1) is 5.69 Å². The fourth-order valence-corrected chi connectivity index (χ4v) is 3.66. The van der Waals surface area contributed by atoms with Crippen molar-refractivity contribution in [3.05, 3.63) is 34.3 Å². The van der Waals surface area contributed by atoms with Crippen LogP contribution in [-0.2, 0) is 4.79 Å². The predicted octanol–water partition coefficient (Wildman–Crippen LogP) is 4.56. The third-order valence-corrected chi connectivity index (χ3v) is 4.69. The Bertz CT molecular complexity index is 522. The van der Waals surface area contributed by atoms with Crippen molar-refractivity contribution in [3.8, 4) is 0 Å². The highest BCUT2D eigenvalue weighted by Crippen LogP contribution is 2.30. The van der Waals surface area contributed by atoms with Crippen molar-refractivity contribution in [2.24, 2.45) is 5.92 Å². The third kappa shape index (κ3) is 4.88. The van der Waals surface area contributed by atoms with E-state index in [-0.39, 0.29) is 0 Å². The summed E-state index contributed by atoms with van der Waals surface area (Å²) in [7, 11) is 2.13. The second-order valence-electron chi connectivity index (χ2n) is 5.77. The fraction of sp³-hybridized carbons (Fsp3) is 0.471. The Kier molecular flexibility index (Phi) is 5.85. The molecule has 0 unspecified atom stereocenters. The number of halogens is 1. The second kappa shape index (κ2) is 7.64. The summed E-state index contributed by atoms with van der Waals surface area (Å²) in [5, 5.41) is 8.66. The minimum Gasteiger partial charge on any atom is -0.478 e. The summed E-state index contributed by atoms with van der Waals surface area (Å²) in [6, 6.07) is 5.97. The Morgan fingerprint density at radius 1 is 1.38 bits per heavy atom. The van der Waals surface area contributed by atoms with Gasteiger partial charge in [0.2, 0.25) is 0 Å². The van der Waals surface area contributed by atoms with Crippen LogP contribution in [0.3, 0.4) is 0 Å². The van der Waals surface area contributed by atoms with Crippen molar-refractivity contribution in [1.29, 1.82) is 0 Å². The summed E-state index contributed by atoms with van der Waals surface area (Å²) in [6.45, 7) is 1.09. The number of aliphatic carboxylic acids is 1. The normalized spacial score (nSPS) is 16.3. The molecule has 0 bridgehead atoms. The minimum absolute atomic E-state index is 0.794. The summed E-state index contributed by atoms with van der Waals surface area (Å²) >= 11 is 3.60. The molecule has 1 aromatic rings. The quantitative estimate of drug-likeness (QED) is 0.790. The lowest BCUT2D eigenvalue weighted by Gasteiger charge is -2.29. The van der Waals surface area contributed by atoms with Gasteiger partial charge in [-0.25, -0.2) is 4.79 Å². The molecule has 3 nitrogen and oxygen atoms in total. The summed E-state index contributed by atoms with van der Waals surface area (Å²) in [5.41, 5.74) is 2.05. The summed E-state index contributed by atoms with van der Waals surface area (Å²) in [6.07, 6.45) is 9.54. The topological polar surface area (TPSA) is 40.5 Å². The van der Waals surface area contributed by atoms with Gasteiger partial charge in [0.1, 0.15) is 0 Å². The van der Waals surface area contributed by atoms with Crippen LogP contribution < -0.4 is 4.90 Å². The molecule has 0 aliphatic heterocycles. The fourth-order valence-electron chi connectivity index (χ4n) is 2.96. The maximum Gasteiger partial charge on any atom is 0.328 e. The molecule has 0 heterocycles. The van der Waals surface area contributed by atoms with Gasteiger partial charge in [-0.3, -0.25) is 0 Å². The van der Waals surface area contributed by atoms with Crippen molar-refractivity contribution in [3.63, 3.8) is 0 Å². The van der Waals surface area contributed by atoms with E-state index in [1.807, 2.05) is 12.1 Å². The average molecular weight is 352 g/mol. The Balaban J connectivity index is 2.03. The molecular formula is C17H22BrNO2. The van der Waals surface area contributed by atoms with Crippen LogP contribution in [0.2, 0.25) is 0 Å². The number of carbonyl (C=O) groups is 1. The van der Waals surface area contributed by atoms with Gasteiger partial charge in [-0.2, -0.15) is 0 Å². The number of anilines is 1. The first-order chi connectivity index (χ1) is 10.1. The molecule has 4 heteroatoms. The van der Waals surface area contributed by atoms with Crippen LogP contribution in [0.4, 0.5) is 5.69 Å². The number of hydrogen-bond acceptors (Lipinski definition) is 2. The first-order valence-corrected chi connectivity index (χ1v) is 8.27. The SMILES string of the molecule is CN(CC1CCCCC1)c1ccc(/C=C/C(=O)O)cc1Br. The molecule has 1 aliphatic carbocycles. The zero-order valence-corrected chi connectivity index (χ0v) is 14.0. The number of hydrogen-bond donors (Lipinski definition) is 1. The molecule has 0 amide bonds. The average Bonchev–Trinajstić information content (AvgIpc) is 2.46. The molecule has 1 saturated carbocycles. The smallest absolute Gasteiger partial charge is 0.328 e. The van der Waals surface area contributed by atoms with Crippen LogP contribution in [0.5, 0.6) is 0 Å². The molecule has 0 radical (unpaired) electrons. The van der Waals surface area contributed by atoms with Gasteiger partial charge in [0.25, 0.3) is 0 Å². The maximum atomic E-state index is 10.5. The molecular weight excluding hydrogens is 330 g/mol. The molecule has 21 heavy (non-hydrogen) atoms. The van der Waals surface area contributed by atoms with Crippen LogP contribution in [0, 0.1) is 5.92 Å². The largest absolute Gasteiger partial charge is 0.478 e. The van der Waals surface area contributed by atoms with E-state index in [9.17, 15) is 4.79 Å². The lowest BCUT2D eigenvalue weighted by molar-refractivity contribution is -0.131. The lowest BCUT2D eigenvalue weighted by Crippen LogP contribution is -2.27. The predicted molar refractivity (Wildman–Crippen MR) is 90.7 cm³/mol. The van der Waals surface area contributed by atoms with Crippen molar-refractivity contribution < 1.29 is 9.90 Å². The maximum absolute atomic E-state index is 10.5. The van der Waals surface area contributed by atoms with Gasteiger partial charge in [-0.15, -0.1) is 0 Å². The van der Waals surface area contributed by atoms with Crippen molar-refractivity contribution in [2.45, 2.75) is 32.1 Å². The zero-order valence-electron chi connectivity index (χ0n) is 12.4. The number of nitrogens with zero attached hydrogens (tertiary/aromatic N) is 1. The van der Waals surface area contributed by atoms with Crippen LogP contribution >= 0.6 is 15.9 Å².